The van der Waals surface area contributed by atoms with Crippen LogP contribution in [0.1, 0.15) is 56.7 Å². The molecule has 0 amide bonds. The third kappa shape index (κ3) is 3.75. The molecule has 1 nitrogen and oxygen atoms in total. The van der Waals surface area contributed by atoms with Gasteiger partial charge in [-0.15, -0.1) is 0 Å². The standard InChI is InChI=1S/C16H22F3N/c1-11(13-6-3-4-7-13)20-12(2)14-8-5-9-15(10-14)16(17,18)19/h5,8-13,20H,3-4,6-7H2,1-2H3/t11-,12?/m1/s1. The Bertz CT molecular complexity index is 436. The molecule has 1 unspecified atom stereocenters. The Labute approximate surface area is 118 Å². The summed E-state index contributed by atoms with van der Waals surface area (Å²) in [5.41, 5.74) is 0.127. The Morgan fingerprint density at radius 1 is 1.15 bits per heavy atom. The molecule has 112 valence electrons. The van der Waals surface area contributed by atoms with Crippen LogP contribution in [0.2, 0.25) is 0 Å². The summed E-state index contributed by atoms with van der Waals surface area (Å²) in [7, 11) is 0. The van der Waals surface area contributed by atoms with Crippen molar-refractivity contribution in [2.24, 2.45) is 5.92 Å². The van der Waals surface area contributed by atoms with Gasteiger partial charge in [0.05, 0.1) is 5.56 Å². The second-order valence-corrected chi connectivity index (χ2v) is 5.84. The van der Waals surface area contributed by atoms with E-state index >= 15 is 0 Å². The maximum Gasteiger partial charge on any atom is 0.416 e. The molecule has 0 heterocycles. The van der Waals surface area contributed by atoms with Crippen molar-refractivity contribution < 1.29 is 13.2 Å². The van der Waals surface area contributed by atoms with E-state index in [1.54, 1.807) is 6.07 Å². The summed E-state index contributed by atoms with van der Waals surface area (Å²) in [6.07, 6.45) is 0.725. The van der Waals surface area contributed by atoms with Crippen LogP contribution in [-0.4, -0.2) is 6.04 Å². The molecule has 1 fully saturated rings. The number of hydrogen-bond acceptors (Lipinski definition) is 1. The first-order valence-corrected chi connectivity index (χ1v) is 7.31. The molecule has 0 aromatic heterocycles. The third-order valence-electron chi connectivity index (χ3n) is 4.33. The molecule has 1 saturated carbocycles. The Hall–Kier alpha value is -1.03. The minimum absolute atomic E-state index is 0.0621. The highest BCUT2D eigenvalue weighted by Gasteiger charge is 2.31. The van der Waals surface area contributed by atoms with Gasteiger partial charge in [-0.3, -0.25) is 0 Å². The summed E-state index contributed by atoms with van der Waals surface area (Å²) in [4.78, 5) is 0. The van der Waals surface area contributed by atoms with Crippen LogP contribution in [0.25, 0.3) is 0 Å². The smallest absolute Gasteiger partial charge is 0.307 e. The molecular weight excluding hydrogens is 263 g/mol. The summed E-state index contributed by atoms with van der Waals surface area (Å²) < 4.78 is 38.2. The lowest BCUT2D eigenvalue weighted by atomic mass is 9.97. The van der Waals surface area contributed by atoms with Crippen LogP contribution < -0.4 is 5.32 Å². The van der Waals surface area contributed by atoms with Gasteiger partial charge in [-0.2, -0.15) is 13.2 Å². The molecule has 2 atom stereocenters. The predicted octanol–water partition coefficient (Wildman–Crippen LogP) is 4.93. The normalized spacial score (nSPS) is 20.1. The predicted molar refractivity (Wildman–Crippen MR) is 74.4 cm³/mol. The zero-order valence-corrected chi connectivity index (χ0v) is 12.0. The third-order valence-corrected chi connectivity index (χ3v) is 4.33. The van der Waals surface area contributed by atoms with Crippen molar-refractivity contribution in [3.8, 4) is 0 Å². The van der Waals surface area contributed by atoms with Gasteiger partial charge < -0.3 is 5.32 Å². The monoisotopic (exact) mass is 285 g/mol. The molecule has 0 bridgehead atoms. The Balaban J connectivity index is 2.03. The van der Waals surface area contributed by atoms with E-state index < -0.39 is 11.7 Å². The van der Waals surface area contributed by atoms with Crippen molar-refractivity contribution >= 4 is 0 Å². The molecule has 0 radical (unpaired) electrons. The average Bonchev–Trinajstić information content (AvgIpc) is 2.91. The van der Waals surface area contributed by atoms with E-state index in [0.717, 1.165) is 6.07 Å². The van der Waals surface area contributed by atoms with E-state index in [1.807, 2.05) is 6.92 Å². The van der Waals surface area contributed by atoms with Gasteiger partial charge in [-0.25, -0.2) is 0 Å². The summed E-state index contributed by atoms with van der Waals surface area (Å²) in [6, 6.07) is 5.90. The lowest BCUT2D eigenvalue weighted by Crippen LogP contribution is -2.34. The van der Waals surface area contributed by atoms with Crippen LogP contribution in [0.5, 0.6) is 0 Å². The highest BCUT2D eigenvalue weighted by molar-refractivity contribution is 5.27. The van der Waals surface area contributed by atoms with Gasteiger partial charge in [0, 0.05) is 12.1 Å². The topological polar surface area (TPSA) is 12.0 Å². The quantitative estimate of drug-likeness (QED) is 0.826. The second-order valence-electron chi connectivity index (χ2n) is 5.84. The van der Waals surface area contributed by atoms with E-state index in [1.165, 1.54) is 37.8 Å². The van der Waals surface area contributed by atoms with Crippen LogP contribution in [0.3, 0.4) is 0 Å². The van der Waals surface area contributed by atoms with Crippen molar-refractivity contribution in [1.82, 2.24) is 5.32 Å². The molecule has 1 aromatic carbocycles. The first kappa shape index (κ1) is 15.4. The molecule has 0 aliphatic heterocycles. The maximum atomic E-state index is 12.7. The molecular formula is C16H22F3N. The first-order valence-electron chi connectivity index (χ1n) is 7.31. The van der Waals surface area contributed by atoms with E-state index in [4.69, 9.17) is 0 Å². The lowest BCUT2D eigenvalue weighted by Gasteiger charge is -2.25. The summed E-state index contributed by atoms with van der Waals surface area (Å²) in [6.45, 7) is 4.07. The van der Waals surface area contributed by atoms with Gasteiger partial charge in [0.1, 0.15) is 0 Å². The molecule has 1 N–H and O–H groups in total. The number of rotatable bonds is 4. The first-order chi connectivity index (χ1) is 9.38. The maximum absolute atomic E-state index is 12.7. The van der Waals surface area contributed by atoms with E-state index in [2.05, 4.69) is 12.2 Å². The van der Waals surface area contributed by atoms with Crippen molar-refractivity contribution in [2.45, 2.75) is 57.8 Å². The van der Waals surface area contributed by atoms with Crippen LogP contribution in [-0.2, 0) is 6.18 Å². The SMILES string of the molecule is CC(N[C@H](C)C1CCCC1)c1cccc(C(F)(F)F)c1. The number of nitrogens with one attached hydrogen (secondary N) is 1. The van der Waals surface area contributed by atoms with Crippen molar-refractivity contribution in [3.63, 3.8) is 0 Å². The molecule has 1 aliphatic carbocycles. The van der Waals surface area contributed by atoms with E-state index in [9.17, 15) is 13.2 Å². The van der Waals surface area contributed by atoms with Gasteiger partial charge >= 0.3 is 6.18 Å². The molecule has 0 spiro atoms. The fraction of sp³-hybridized carbons (Fsp3) is 0.625. The minimum Gasteiger partial charge on any atom is -0.307 e. The zero-order valence-electron chi connectivity index (χ0n) is 12.0. The summed E-state index contributed by atoms with van der Waals surface area (Å²) >= 11 is 0. The van der Waals surface area contributed by atoms with Crippen molar-refractivity contribution in [3.05, 3.63) is 35.4 Å². The minimum atomic E-state index is -4.27. The molecule has 0 saturated heterocycles. The van der Waals surface area contributed by atoms with E-state index in [0.29, 0.717) is 17.5 Å². The van der Waals surface area contributed by atoms with Gasteiger partial charge in [0.25, 0.3) is 0 Å². The Kier molecular flexibility index (Phi) is 4.74. The van der Waals surface area contributed by atoms with Crippen LogP contribution in [0, 0.1) is 5.92 Å². The highest BCUT2D eigenvalue weighted by Crippen LogP contribution is 2.32. The number of benzene rings is 1. The Morgan fingerprint density at radius 3 is 2.40 bits per heavy atom. The summed E-state index contributed by atoms with van der Waals surface area (Å²) in [5.74, 6) is 0.656. The van der Waals surface area contributed by atoms with Gasteiger partial charge in [0.15, 0.2) is 0 Å². The van der Waals surface area contributed by atoms with Crippen molar-refractivity contribution in [2.75, 3.05) is 0 Å². The summed E-state index contributed by atoms with van der Waals surface area (Å²) in [5, 5.41) is 3.45. The molecule has 2 rings (SSSR count). The number of halogens is 3. The number of hydrogen-bond donors (Lipinski definition) is 1. The molecule has 1 aromatic rings. The second kappa shape index (κ2) is 6.17. The van der Waals surface area contributed by atoms with Crippen molar-refractivity contribution in [1.29, 1.82) is 0 Å². The Morgan fingerprint density at radius 2 is 1.80 bits per heavy atom. The highest BCUT2D eigenvalue weighted by atomic mass is 19.4. The van der Waals surface area contributed by atoms with Gasteiger partial charge in [0.2, 0.25) is 0 Å². The molecule has 20 heavy (non-hydrogen) atoms. The zero-order chi connectivity index (χ0) is 14.8. The number of alkyl halides is 3. The lowest BCUT2D eigenvalue weighted by molar-refractivity contribution is -0.137. The fourth-order valence-electron chi connectivity index (χ4n) is 3.07. The largest absolute Gasteiger partial charge is 0.416 e. The molecule has 4 heteroatoms. The van der Waals surface area contributed by atoms with Gasteiger partial charge in [-0.05, 0) is 50.3 Å². The van der Waals surface area contributed by atoms with Crippen LogP contribution in [0.15, 0.2) is 24.3 Å². The van der Waals surface area contributed by atoms with Crippen LogP contribution >= 0.6 is 0 Å². The average molecular weight is 285 g/mol. The van der Waals surface area contributed by atoms with Gasteiger partial charge in [-0.1, -0.05) is 25.0 Å². The van der Waals surface area contributed by atoms with Crippen LogP contribution in [0.4, 0.5) is 13.2 Å². The molecule has 1 aliphatic rings. The fourth-order valence-corrected chi connectivity index (χ4v) is 3.07. The van der Waals surface area contributed by atoms with E-state index in [-0.39, 0.29) is 6.04 Å².